The highest BCUT2D eigenvalue weighted by molar-refractivity contribution is 5.95. The number of nitrogens with one attached hydrogen (secondary N) is 1. The van der Waals surface area contributed by atoms with Crippen LogP contribution in [-0.4, -0.2) is 73.6 Å². The van der Waals surface area contributed by atoms with Gasteiger partial charge in [0, 0.05) is 73.8 Å². The second-order valence-corrected chi connectivity index (χ2v) is 11.5. The van der Waals surface area contributed by atoms with Gasteiger partial charge in [-0.2, -0.15) is 10.2 Å². The molecule has 0 saturated carbocycles. The van der Waals surface area contributed by atoms with E-state index in [4.69, 9.17) is 19.8 Å². The number of rotatable bonds is 7. The van der Waals surface area contributed by atoms with Crippen LogP contribution < -0.4 is 10.1 Å². The molecule has 1 N–H and O–H groups in total. The van der Waals surface area contributed by atoms with E-state index in [1.165, 1.54) is 0 Å². The Hall–Kier alpha value is -4.83. The van der Waals surface area contributed by atoms with Gasteiger partial charge in [-0.15, -0.1) is 0 Å². The molecule has 1 amide bonds. The van der Waals surface area contributed by atoms with E-state index < -0.39 is 0 Å². The van der Waals surface area contributed by atoms with Crippen molar-refractivity contribution in [3.8, 4) is 39.4 Å². The van der Waals surface area contributed by atoms with E-state index in [9.17, 15) is 4.79 Å². The number of hydrogen-bond acceptors (Lipinski definition) is 7. The molecule has 0 atom stereocenters. The van der Waals surface area contributed by atoms with E-state index in [1.807, 2.05) is 61.2 Å². The van der Waals surface area contributed by atoms with Gasteiger partial charge in [-0.3, -0.25) is 14.2 Å². The normalized spacial score (nSPS) is 14.6. The highest BCUT2D eigenvalue weighted by Gasteiger charge is 2.28. The molecule has 1 fully saturated rings. The molecule has 218 valence electrons. The number of aryl methyl sites for hydroxylation is 4. The first kappa shape index (κ1) is 27.0. The molecule has 7 rings (SSSR count). The van der Waals surface area contributed by atoms with Gasteiger partial charge < -0.3 is 15.0 Å². The summed E-state index contributed by atoms with van der Waals surface area (Å²) in [7, 11) is 7.59. The lowest BCUT2D eigenvalue weighted by Crippen LogP contribution is -2.57. The van der Waals surface area contributed by atoms with Crippen molar-refractivity contribution < 1.29 is 9.53 Å². The number of fused-ring (bicyclic) bond motifs is 3. The van der Waals surface area contributed by atoms with Gasteiger partial charge in [0.1, 0.15) is 11.6 Å². The van der Waals surface area contributed by atoms with Crippen LogP contribution in [0.2, 0.25) is 0 Å². The van der Waals surface area contributed by atoms with Crippen molar-refractivity contribution in [2.24, 2.45) is 14.1 Å². The SMILES string of the molecule is COc1cc(C(=O)NC2CN(C)C2)ccc1Cc1ncc2c(n1)-c1c(nn(C)c1-c1ccc(-c3cnn(C)c3)cc1)CC2. The first-order valence-corrected chi connectivity index (χ1v) is 14.5. The molecule has 5 aromatic rings. The van der Waals surface area contributed by atoms with Crippen LogP contribution in [0, 0.1) is 0 Å². The minimum atomic E-state index is -0.0851. The molecule has 0 spiro atoms. The molecule has 0 bridgehead atoms. The number of nitrogens with zero attached hydrogens (tertiary/aromatic N) is 7. The zero-order valence-corrected chi connectivity index (χ0v) is 24.8. The highest BCUT2D eigenvalue weighted by atomic mass is 16.5. The minimum absolute atomic E-state index is 0.0851. The number of ether oxygens (including phenoxy) is 1. The molecular weight excluding hydrogens is 540 g/mol. The van der Waals surface area contributed by atoms with E-state index in [0.29, 0.717) is 23.6 Å². The Kier molecular flexibility index (Phi) is 6.78. The van der Waals surface area contributed by atoms with E-state index in [2.05, 4.69) is 39.6 Å². The molecular formula is C33H34N8O2. The van der Waals surface area contributed by atoms with Gasteiger partial charge in [0.15, 0.2) is 0 Å². The Bertz CT molecular complexity index is 1830. The van der Waals surface area contributed by atoms with Crippen LogP contribution >= 0.6 is 0 Å². The Balaban J connectivity index is 1.18. The lowest BCUT2D eigenvalue weighted by molar-refractivity contribution is 0.0857. The van der Waals surface area contributed by atoms with Crippen LogP contribution in [0.5, 0.6) is 5.75 Å². The van der Waals surface area contributed by atoms with Gasteiger partial charge in [-0.25, -0.2) is 9.97 Å². The van der Waals surface area contributed by atoms with Crippen LogP contribution in [0.25, 0.3) is 33.6 Å². The van der Waals surface area contributed by atoms with Crippen molar-refractivity contribution in [3.63, 3.8) is 0 Å². The average molecular weight is 575 g/mol. The second kappa shape index (κ2) is 10.8. The molecule has 0 unspecified atom stereocenters. The average Bonchev–Trinajstić information content (AvgIpc) is 3.59. The summed E-state index contributed by atoms with van der Waals surface area (Å²) in [6.45, 7) is 1.74. The van der Waals surface area contributed by atoms with E-state index >= 15 is 0 Å². The van der Waals surface area contributed by atoms with E-state index in [0.717, 1.165) is 76.4 Å². The first-order chi connectivity index (χ1) is 20.9. The van der Waals surface area contributed by atoms with Crippen LogP contribution in [-0.2, 0) is 33.4 Å². The topological polar surface area (TPSA) is 103 Å². The summed E-state index contributed by atoms with van der Waals surface area (Å²) in [5, 5.41) is 12.3. The highest BCUT2D eigenvalue weighted by Crippen LogP contribution is 2.40. The standard InChI is InChI=1S/C33H34N8O2/c1-39-18-26(19-39)36-33(42)23-10-9-22(28(13-23)43-4)14-29-34-15-24-11-12-27-30(31(24)37-29)32(41(3)38-27)21-7-5-20(6-8-21)25-16-35-40(2)17-25/h5-10,13,15-17,26H,11-12,14,18-19H2,1-4H3,(H,36,42). The largest absolute Gasteiger partial charge is 0.496 e. The number of carbonyl (C=O) groups is 1. The Labute approximate surface area is 250 Å². The molecule has 4 heterocycles. The van der Waals surface area contributed by atoms with Gasteiger partial charge >= 0.3 is 0 Å². The molecule has 10 nitrogen and oxygen atoms in total. The monoisotopic (exact) mass is 574 g/mol. The summed E-state index contributed by atoms with van der Waals surface area (Å²) < 4.78 is 9.48. The number of likely N-dealkylation sites (tertiary alicyclic amines) is 1. The molecule has 3 aromatic heterocycles. The molecule has 2 aromatic carbocycles. The maximum absolute atomic E-state index is 12.8. The Morgan fingerprint density at radius 2 is 1.79 bits per heavy atom. The number of likely N-dealkylation sites (N-methyl/N-ethyl adjacent to an activating group) is 1. The maximum atomic E-state index is 12.8. The number of hydrogen-bond donors (Lipinski definition) is 1. The second-order valence-electron chi connectivity index (χ2n) is 11.5. The van der Waals surface area contributed by atoms with Crippen molar-refractivity contribution >= 4 is 5.91 Å². The molecule has 43 heavy (non-hydrogen) atoms. The van der Waals surface area contributed by atoms with Gasteiger partial charge in [0.25, 0.3) is 5.91 Å². The van der Waals surface area contributed by atoms with Crippen LogP contribution in [0.4, 0.5) is 0 Å². The van der Waals surface area contributed by atoms with E-state index in [1.54, 1.807) is 13.2 Å². The Morgan fingerprint density at radius 1 is 1.00 bits per heavy atom. The van der Waals surface area contributed by atoms with Gasteiger partial charge in [-0.1, -0.05) is 30.3 Å². The van der Waals surface area contributed by atoms with Crippen LogP contribution in [0.3, 0.4) is 0 Å². The van der Waals surface area contributed by atoms with Crippen molar-refractivity contribution in [2.75, 3.05) is 27.2 Å². The lowest BCUT2D eigenvalue weighted by atomic mass is 9.91. The number of methoxy groups -OCH3 is 1. The summed E-state index contributed by atoms with van der Waals surface area (Å²) in [4.78, 5) is 24.8. The molecule has 1 aliphatic carbocycles. The van der Waals surface area contributed by atoms with Gasteiger partial charge in [-0.05, 0) is 43.1 Å². The van der Waals surface area contributed by atoms with Crippen molar-refractivity contribution in [3.05, 3.63) is 89.3 Å². The smallest absolute Gasteiger partial charge is 0.251 e. The summed E-state index contributed by atoms with van der Waals surface area (Å²) in [5.41, 5.74) is 10.0. The summed E-state index contributed by atoms with van der Waals surface area (Å²) in [6, 6.07) is 14.3. The number of aromatic nitrogens is 6. The first-order valence-electron chi connectivity index (χ1n) is 14.5. The van der Waals surface area contributed by atoms with Crippen LogP contribution in [0.1, 0.15) is 33.0 Å². The summed E-state index contributed by atoms with van der Waals surface area (Å²) >= 11 is 0. The third-order valence-electron chi connectivity index (χ3n) is 8.40. The molecule has 1 aliphatic heterocycles. The fraction of sp³-hybridized carbons (Fsp3) is 0.303. The predicted molar refractivity (Wildman–Crippen MR) is 164 cm³/mol. The summed E-state index contributed by atoms with van der Waals surface area (Å²) in [5.74, 6) is 1.26. The van der Waals surface area contributed by atoms with E-state index in [-0.39, 0.29) is 11.9 Å². The predicted octanol–water partition coefficient (Wildman–Crippen LogP) is 3.69. The zero-order valence-electron chi connectivity index (χ0n) is 24.8. The van der Waals surface area contributed by atoms with Crippen molar-refractivity contribution in [1.82, 2.24) is 39.7 Å². The van der Waals surface area contributed by atoms with Gasteiger partial charge in [0.2, 0.25) is 0 Å². The third kappa shape index (κ3) is 5.08. The zero-order chi connectivity index (χ0) is 29.7. The minimum Gasteiger partial charge on any atom is -0.496 e. The quantitative estimate of drug-likeness (QED) is 0.316. The fourth-order valence-corrected chi connectivity index (χ4v) is 6.17. The Morgan fingerprint density at radius 3 is 2.51 bits per heavy atom. The number of amides is 1. The van der Waals surface area contributed by atoms with Gasteiger partial charge in [0.05, 0.1) is 36.4 Å². The third-order valence-corrected chi connectivity index (χ3v) is 8.40. The van der Waals surface area contributed by atoms with Crippen LogP contribution in [0.15, 0.2) is 61.1 Å². The number of benzene rings is 2. The van der Waals surface area contributed by atoms with Crippen molar-refractivity contribution in [1.29, 1.82) is 0 Å². The lowest BCUT2D eigenvalue weighted by Gasteiger charge is -2.36. The number of carbonyl (C=O) groups excluding carboxylic acids is 1. The summed E-state index contributed by atoms with van der Waals surface area (Å²) in [6.07, 6.45) is 8.02. The molecule has 10 heteroatoms. The van der Waals surface area contributed by atoms with Crippen molar-refractivity contribution in [2.45, 2.75) is 25.3 Å². The molecule has 2 aliphatic rings. The maximum Gasteiger partial charge on any atom is 0.251 e. The molecule has 0 radical (unpaired) electrons. The molecule has 1 saturated heterocycles. The fourth-order valence-electron chi connectivity index (χ4n) is 6.17.